The average molecular weight is 409 g/mol. The number of hydrogen-bond donors (Lipinski definition) is 0. The molecule has 152 valence electrons. The van der Waals surface area contributed by atoms with Gasteiger partial charge in [-0.05, 0) is 55.2 Å². The largest absolute Gasteiger partial charge is 0.334 e. The minimum absolute atomic E-state index is 0.455. The van der Waals surface area contributed by atoms with Crippen LogP contribution in [0.1, 0.15) is 69.8 Å². The first-order valence-electron chi connectivity index (χ1n) is 10.9. The maximum absolute atomic E-state index is 6.24. The Hall–Kier alpha value is -2.13. The lowest BCUT2D eigenvalue weighted by Gasteiger charge is -2.29. The number of aromatic nitrogens is 2. The zero-order valence-corrected chi connectivity index (χ0v) is 17.9. The SMILES string of the molecule is CCCCCC1CCC(c2ccc(-c3noc(-c4ccccc4Cl)n3)cc2)CC1. The molecule has 1 saturated carbocycles. The summed E-state index contributed by atoms with van der Waals surface area (Å²) in [7, 11) is 0. The molecule has 4 heteroatoms. The Kier molecular flexibility index (Phi) is 6.66. The molecule has 0 amide bonds. The molecule has 0 N–H and O–H groups in total. The molecule has 3 aromatic rings. The Morgan fingerprint density at radius 3 is 2.45 bits per heavy atom. The number of rotatable bonds is 7. The second-order valence-corrected chi connectivity index (χ2v) is 8.65. The maximum Gasteiger partial charge on any atom is 0.259 e. The molecule has 0 spiro atoms. The summed E-state index contributed by atoms with van der Waals surface area (Å²) < 4.78 is 5.44. The van der Waals surface area contributed by atoms with Crippen molar-refractivity contribution in [3.63, 3.8) is 0 Å². The topological polar surface area (TPSA) is 38.9 Å². The van der Waals surface area contributed by atoms with E-state index in [1.54, 1.807) is 0 Å². The van der Waals surface area contributed by atoms with E-state index in [-0.39, 0.29) is 0 Å². The van der Waals surface area contributed by atoms with Gasteiger partial charge in [-0.15, -0.1) is 0 Å². The second kappa shape index (κ2) is 9.58. The predicted octanol–water partition coefficient (Wildman–Crippen LogP) is 7.91. The summed E-state index contributed by atoms with van der Waals surface area (Å²) in [5.74, 6) is 2.69. The molecule has 3 nitrogen and oxygen atoms in total. The van der Waals surface area contributed by atoms with Crippen LogP contribution in [-0.2, 0) is 0 Å². The van der Waals surface area contributed by atoms with Crippen LogP contribution in [0.4, 0.5) is 0 Å². The monoisotopic (exact) mass is 408 g/mol. The Morgan fingerprint density at radius 1 is 0.966 bits per heavy atom. The smallest absolute Gasteiger partial charge is 0.259 e. The van der Waals surface area contributed by atoms with Crippen LogP contribution in [0.25, 0.3) is 22.8 Å². The summed E-state index contributed by atoms with van der Waals surface area (Å²) in [4.78, 5) is 4.54. The van der Waals surface area contributed by atoms with Crippen molar-refractivity contribution in [3.8, 4) is 22.8 Å². The van der Waals surface area contributed by atoms with Crippen LogP contribution in [0, 0.1) is 5.92 Å². The Bertz CT molecular complexity index is 911. The molecular formula is C25H29ClN2O. The Morgan fingerprint density at radius 2 is 1.72 bits per heavy atom. The highest BCUT2D eigenvalue weighted by Gasteiger charge is 2.22. The van der Waals surface area contributed by atoms with Gasteiger partial charge in [0, 0.05) is 5.56 Å². The van der Waals surface area contributed by atoms with Crippen molar-refractivity contribution in [2.75, 3.05) is 0 Å². The van der Waals surface area contributed by atoms with Gasteiger partial charge in [0.2, 0.25) is 5.82 Å². The van der Waals surface area contributed by atoms with E-state index in [2.05, 4.69) is 41.3 Å². The van der Waals surface area contributed by atoms with Gasteiger partial charge in [0.15, 0.2) is 0 Å². The van der Waals surface area contributed by atoms with Gasteiger partial charge in [-0.25, -0.2) is 0 Å². The number of halogens is 1. The Balaban J connectivity index is 1.38. The molecule has 0 atom stereocenters. The van der Waals surface area contributed by atoms with Crippen molar-refractivity contribution in [1.29, 1.82) is 0 Å². The van der Waals surface area contributed by atoms with Crippen LogP contribution in [-0.4, -0.2) is 10.1 Å². The first kappa shape index (κ1) is 20.2. The zero-order chi connectivity index (χ0) is 20.1. The van der Waals surface area contributed by atoms with E-state index in [0.29, 0.717) is 22.7 Å². The molecule has 1 heterocycles. The van der Waals surface area contributed by atoms with E-state index in [9.17, 15) is 0 Å². The van der Waals surface area contributed by atoms with E-state index in [1.165, 1.54) is 56.9 Å². The van der Waals surface area contributed by atoms with Crippen LogP contribution < -0.4 is 0 Å². The molecule has 29 heavy (non-hydrogen) atoms. The van der Waals surface area contributed by atoms with E-state index in [4.69, 9.17) is 16.1 Å². The first-order chi connectivity index (χ1) is 14.2. The van der Waals surface area contributed by atoms with E-state index >= 15 is 0 Å². The molecule has 1 aliphatic rings. The molecule has 1 fully saturated rings. The van der Waals surface area contributed by atoms with Crippen LogP contribution in [0.3, 0.4) is 0 Å². The summed E-state index contributed by atoms with van der Waals surface area (Å²) in [5, 5.41) is 4.76. The highest BCUT2D eigenvalue weighted by Crippen LogP contribution is 2.38. The third kappa shape index (κ3) is 4.90. The molecule has 0 radical (unpaired) electrons. The summed E-state index contributed by atoms with van der Waals surface area (Å²) in [6.07, 6.45) is 10.9. The van der Waals surface area contributed by atoms with Crippen LogP contribution in [0.2, 0.25) is 5.02 Å². The highest BCUT2D eigenvalue weighted by atomic mass is 35.5. The quantitative estimate of drug-likeness (QED) is 0.373. The van der Waals surface area contributed by atoms with Gasteiger partial charge in [-0.1, -0.05) is 85.8 Å². The van der Waals surface area contributed by atoms with Gasteiger partial charge < -0.3 is 4.52 Å². The van der Waals surface area contributed by atoms with Crippen LogP contribution in [0.5, 0.6) is 0 Å². The van der Waals surface area contributed by atoms with E-state index < -0.39 is 0 Å². The van der Waals surface area contributed by atoms with Crippen molar-refractivity contribution in [2.45, 2.75) is 64.2 Å². The normalized spacial score (nSPS) is 19.4. The van der Waals surface area contributed by atoms with Crippen molar-refractivity contribution in [1.82, 2.24) is 10.1 Å². The second-order valence-electron chi connectivity index (χ2n) is 8.24. The fourth-order valence-corrected chi connectivity index (χ4v) is 4.67. The number of hydrogen-bond acceptors (Lipinski definition) is 3. The van der Waals surface area contributed by atoms with Gasteiger partial charge in [0.05, 0.1) is 10.6 Å². The molecule has 2 aromatic carbocycles. The molecule has 0 saturated heterocycles. The first-order valence-corrected chi connectivity index (χ1v) is 11.3. The van der Waals surface area contributed by atoms with Gasteiger partial charge >= 0.3 is 0 Å². The lowest BCUT2D eigenvalue weighted by atomic mass is 9.77. The van der Waals surface area contributed by atoms with Crippen LogP contribution in [0.15, 0.2) is 53.1 Å². The fraction of sp³-hybridized carbons (Fsp3) is 0.440. The van der Waals surface area contributed by atoms with Gasteiger partial charge in [-0.2, -0.15) is 4.98 Å². The minimum Gasteiger partial charge on any atom is -0.334 e. The zero-order valence-electron chi connectivity index (χ0n) is 17.1. The standard InChI is InChI=1S/C25H29ClN2O/c1-2-3-4-7-18-10-12-19(13-11-18)20-14-16-21(17-15-20)24-27-25(29-28-24)22-8-5-6-9-23(22)26/h5-6,8-9,14-19H,2-4,7,10-13H2,1H3. The van der Waals surface area contributed by atoms with Crippen LogP contribution >= 0.6 is 11.6 Å². The summed E-state index contributed by atoms with van der Waals surface area (Å²) in [5.41, 5.74) is 3.18. The number of nitrogens with zero attached hydrogens (tertiary/aromatic N) is 2. The van der Waals surface area contributed by atoms with Crippen molar-refractivity contribution >= 4 is 11.6 Å². The third-order valence-corrected chi connectivity index (χ3v) is 6.56. The minimum atomic E-state index is 0.455. The highest BCUT2D eigenvalue weighted by molar-refractivity contribution is 6.33. The summed E-state index contributed by atoms with van der Waals surface area (Å²) in [6.45, 7) is 2.28. The molecule has 0 aliphatic heterocycles. The van der Waals surface area contributed by atoms with E-state index in [0.717, 1.165) is 17.0 Å². The molecule has 0 bridgehead atoms. The lowest BCUT2D eigenvalue weighted by Crippen LogP contribution is -2.13. The average Bonchev–Trinajstić information content (AvgIpc) is 3.25. The summed E-state index contributed by atoms with van der Waals surface area (Å²) in [6, 6.07) is 16.2. The Labute approximate surface area is 178 Å². The van der Waals surface area contributed by atoms with Crippen molar-refractivity contribution < 1.29 is 4.52 Å². The maximum atomic E-state index is 6.24. The van der Waals surface area contributed by atoms with Gasteiger partial charge in [0.25, 0.3) is 5.89 Å². The lowest BCUT2D eigenvalue weighted by molar-refractivity contribution is 0.303. The number of benzene rings is 2. The third-order valence-electron chi connectivity index (χ3n) is 6.23. The summed E-state index contributed by atoms with van der Waals surface area (Å²) >= 11 is 6.24. The molecule has 1 aromatic heterocycles. The number of unbranched alkanes of at least 4 members (excludes halogenated alkanes) is 2. The predicted molar refractivity (Wildman–Crippen MR) is 119 cm³/mol. The van der Waals surface area contributed by atoms with Gasteiger partial charge in [-0.3, -0.25) is 0 Å². The fourth-order valence-electron chi connectivity index (χ4n) is 4.46. The molecular weight excluding hydrogens is 380 g/mol. The van der Waals surface area contributed by atoms with E-state index in [1.807, 2.05) is 24.3 Å². The molecule has 4 rings (SSSR count). The van der Waals surface area contributed by atoms with Crippen molar-refractivity contribution in [2.24, 2.45) is 5.92 Å². The molecule has 0 unspecified atom stereocenters. The molecule has 1 aliphatic carbocycles. The van der Waals surface area contributed by atoms with Gasteiger partial charge in [0.1, 0.15) is 0 Å². The van der Waals surface area contributed by atoms with Crippen molar-refractivity contribution in [3.05, 3.63) is 59.1 Å².